The fourth-order valence-electron chi connectivity index (χ4n) is 2.12. The van der Waals surface area contributed by atoms with Gasteiger partial charge in [-0.3, -0.25) is 9.69 Å². The van der Waals surface area contributed by atoms with Gasteiger partial charge in [-0.15, -0.1) is 0 Å². The molecular formula is C14H15N3O4. The molecule has 7 heteroatoms. The van der Waals surface area contributed by atoms with Crippen LogP contribution in [0.3, 0.4) is 0 Å². The smallest absolute Gasteiger partial charge is 0.321 e. The highest BCUT2D eigenvalue weighted by atomic mass is 16.6. The fraction of sp³-hybridized carbons (Fsp3) is 0.286. The van der Waals surface area contributed by atoms with Gasteiger partial charge in [-0.05, 0) is 24.3 Å². The summed E-state index contributed by atoms with van der Waals surface area (Å²) in [5.41, 5.74) is 1.41. The minimum Gasteiger partial charge on any atom is -0.494 e. The lowest BCUT2D eigenvalue weighted by atomic mass is 10.2. The minimum absolute atomic E-state index is 0.107. The zero-order valence-electron chi connectivity index (χ0n) is 11.3. The summed E-state index contributed by atoms with van der Waals surface area (Å²) in [4.78, 5) is 25.1. The maximum atomic E-state index is 11.9. The van der Waals surface area contributed by atoms with Crippen molar-refractivity contribution in [3.05, 3.63) is 36.3 Å². The molecule has 1 saturated heterocycles. The lowest BCUT2D eigenvalue weighted by Gasteiger charge is -2.16. The van der Waals surface area contributed by atoms with Crippen molar-refractivity contribution in [1.82, 2.24) is 5.32 Å². The quantitative estimate of drug-likeness (QED) is 0.871. The molecule has 0 bridgehead atoms. The van der Waals surface area contributed by atoms with Crippen molar-refractivity contribution >= 4 is 23.3 Å². The predicted octanol–water partition coefficient (Wildman–Crippen LogP) is 1.04. The summed E-state index contributed by atoms with van der Waals surface area (Å²) in [6.07, 6.45) is 1.31. The Balaban J connectivity index is 1.65. The third-order valence-electron chi connectivity index (χ3n) is 3.17. The van der Waals surface area contributed by atoms with Crippen LogP contribution in [0.2, 0.25) is 0 Å². The Morgan fingerprint density at radius 3 is 2.67 bits per heavy atom. The van der Waals surface area contributed by atoms with Crippen LogP contribution < -0.4 is 15.5 Å². The van der Waals surface area contributed by atoms with Gasteiger partial charge >= 0.3 is 6.03 Å². The number of anilines is 2. The van der Waals surface area contributed by atoms with Crippen LogP contribution in [0.5, 0.6) is 0 Å². The average Bonchev–Trinajstić information content (AvgIpc) is 2.95. The number of ether oxygens (including phenoxy) is 2. The first-order chi connectivity index (χ1) is 10.2. The maximum Gasteiger partial charge on any atom is 0.321 e. The van der Waals surface area contributed by atoms with Crippen LogP contribution in [-0.2, 0) is 14.3 Å². The van der Waals surface area contributed by atoms with Gasteiger partial charge in [0.05, 0.1) is 0 Å². The SMILES string of the molecule is O=C(Nc1ccc(N2CCNC2=O)cc1)C1=COCCO1. The normalized spacial score (nSPS) is 17.4. The number of hydrogen-bond acceptors (Lipinski definition) is 4. The molecule has 0 aromatic heterocycles. The summed E-state index contributed by atoms with van der Waals surface area (Å²) in [6.45, 7) is 2.09. The molecule has 3 rings (SSSR count). The molecule has 0 atom stereocenters. The van der Waals surface area contributed by atoms with E-state index in [-0.39, 0.29) is 17.7 Å². The molecule has 0 unspecified atom stereocenters. The van der Waals surface area contributed by atoms with E-state index in [9.17, 15) is 9.59 Å². The highest BCUT2D eigenvalue weighted by Gasteiger charge is 2.21. The van der Waals surface area contributed by atoms with Gasteiger partial charge in [-0.1, -0.05) is 0 Å². The maximum absolute atomic E-state index is 11.9. The van der Waals surface area contributed by atoms with Crippen LogP contribution >= 0.6 is 0 Å². The molecule has 1 aromatic rings. The number of amides is 3. The van der Waals surface area contributed by atoms with Crippen molar-refractivity contribution in [2.75, 3.05) is 36.5 Å². The molecule has 2 heterocycles. The van der Waals surface area contributed by atoms with Gasteiger partial charge in [0.25, 0.3) is 5.91 Å². The van der Waals surface area contributed by atoms with Crippen molar-refractivity contribution in [3.8, 4) is 0 Å². The highest BCUT2D eigenvalue weighted by Crippen LogP contribution is 2.20. The van der Waals surface area contributed by atoms with E-state index in [4.69, 9.17) is 9.47 Å². The molecule has 2 N–H and O–H groups in total. The zero-order valence-corrected chi connectivity index (χ0v) is 11.3. The van der Waals surface area contributed by atoms with E-state index in [1.165, 1.54) is 6.26 Å². The van der Waals surface area contributed by atoms with E-state index < -0.39 is 0 Å². The molecule has 0 saturated carbocycles. The second-order valence-corrected chi connectivity index (χ2v) is 4.59. The van der Waals surface area contributed by atoms with E-state index in [2.05, 4.69) is 10.6 Å². The first-order valence-corrected chi connectivity index (χ1v) is 6.65. The number of carbonyl (C=O) groups is 2. The first kappa shape index (κ1) is 13.3. The van der Waals surface area contributed by atoms with Gasteiger partial charge in [0.2, 0.25) is 5.76 Å². The fourth-order valence-corrected chi connectivity index (χ4v) is 2.12. The highest BCUT2D eigenvalue weighted by molar-refractivity contribution is 6.02. The van der Waals surface area contributed by atoms with Crippen LogP contribution in [0, 0.1) is 0 Å². The van der Waals surface area contributed by atoms with E-state index >= 15 is 0 Å². The average molecular weight is 289 g/mol. The summed E-state index contributed by atoms with van der Waals surface area (Å²) < 4.78 is 10.2. The predicted molar refractivity (Wildman–Crippen MR) is 75.8 cm³/mol. The van der Waals surface area contributed by atoms with Crippen LogP contribution in [0.25, 0.3) is 0 Å². The summed E-state index contributed by atoms with van der Waals surface area (Å²) in [7, 11) is 0. The van der Waals surface area contributed by atoms with Gasteiger partial charge in [0.1, 0.15) is 19.5 Å². The van der Waals surface area contributed by atoms with Gasteiger partial charge in [0.15, 0.2) is 0 Å². The number of benzene rings is 1. The summed E-state index contributed by atoms with van der Waals surface area (Å²) >= 11 is 0. The van der Waals surface area contributed by atoms with Gasteiger partial charge in [0, 0.05) is 24.5 Å². The Morgan fingerprint density at radius 2 is 2.05 bits per heavy atom. The largest absolute Gasteiger partial charge is 0.494 e. The second-order valence-electron chi connectivity index (χ2n) is 4.59. The molecule has 0 aliphatic carbocycles. The third-order valence-corrected chi connectivity index (χ3v) is 3.17. The van der Waals surface area contributed by atoms with Crippen molar-refractivity contribution in [3.63, 3.8) is 0 Å². The van der Waals surface area contributed by atoms with Crippen LogP contribution in [0.4, 0.5) is 16.2 Å². The summed E-state index contributed by atoms with van der Waals surface area (Å²) in [5, 5.41) is 5.45. The van der Waals surface area contributed by atoms with Gasteiger partial charge < -0.3 is 20.1 Å². The number of carbonyl (C=O) groups excluding carboxylic acids is 2. The number of hydrogen-bond donors (Lipinski definition) is 2. The lowest BCUT2D eigenvalue weighted by Crippen LogP contribution is -2.27. The van der Waals surface area contributed by atoms with Crippen molar-refractivity contribution in [1.29, 1.82) is 0 Å². The number of urea groups is 1. The first-order valence-electron chi connectivity index (χ1n) is 6.65. The van der Waals surface area contributed by atoms with E-state index in [1.807, 2.05) is 0 Å². The Hall–Kier alpha value is -2.70. The Morgan fingerprint density at radius 1 is 1.24 bits per heavy atom. The number of nitrogens with one attached hydrogen (secondary N) is 2. The van der Waals surface area contributed by atoms with Crippen LogP contribution in [0.15, 0.2) is 36.3 Å². The lowest BCUT2D eigenvalue weighted by molar-refractivity contribution is -0.117. The Kier molecular flexibility index (Phi) is 3.63. The van der Waals surface area contributed by atoms with E-state index in [0.29, 0.717) is 32.0 Å². The molecular weight excluding hydrogens is 274 g/mol. The molecule has 0 spiro atoms. The molecule has 2 aliphatic heterocycles. The molecule has 2 aliphatic rings. The minimum atomic E-state index is -0.360. The molecule has 1 fully saturated rings. The molecule has 3 amide bonds. The Bertz CT molecular complexity index is 582. The van der Waals surface area contributed by atoms with Crippen molar-refractivity contribution < 1.29 is 19.1 Å². The van der Waals surface area contributed by atoms with E-state index in [1.54, 1.807) is 29.2 Å². The molecule has 7 nitrogen and oxygen atoms in total. The standard InChI is InChI=1S/C14H15N3O4/c18-13(12-9-20-7-8-21-12)16-10-1-3-11(4-2-10)17-6-5-15-14(17)19/h1-4,9H,5-8H2,(H,15,19)(H,16,18). The van der Waals surface area contributed by atoms with Crippen LogP contribution in [-0.4, -0.2) is 38.2 Å². The Labute approximate surface area is 121 Å². The zero-order chi connectivity index (χ0) is 14.7. The number of rotatable bonds is 3. The topological polar surface area (TPSA) is 79.9 Å². The summed E-state index contributed by atoms with van der Waals surface area (Å²) in [6, 6.07) is 6.94. The molecule has 1 aromatic carbocycles. The van der Waals surface area contributed by atoms with E-state index in [0.717, 1.165) is 5.69 Å². The number of nitrogens with zero attached hydrogens (tertiary/aromatic N) is 1. The monoisotopic (exact) mass is 289 g/mol. The summed E-state index contributed by atoms with van der Waals surface area (Å²) in [5.74, 6) is -0.203. The molecule has 110 valence electrons. The van der Waals surface area contributed by atoms with Gasteiger partial charge in [-0.25, -0.2) is 4.79 Å². The second kappa shape index (κ2) is 5.74. The van der Waals surface area contributed by atoms with Crippen molar-refractivity contribution in [2.24, 2.45) is 0 Å². The van der Waals surface area contributed by atoms with Crippen LogP contribution in [0.1, 0.15) is 0 Å². The molecule has 21 heavy (non-hydrogen) atoms. The van der Waals surface area contributed by atoms with Crippen molar-refractivity contribution in [2.45, 2.75) is 0 Å². The molecule has 0 radical (unpaired) electrons. The van der Waals surface area contributed by atoms with Gasteiger partial charge in [-0.2, -0.15) is 0 Å². The third kappa shape index (κ3) is 2.91.